The fourth-order valence-electron chi connectivity index (χ4n) is 2.86. The molecule has 0 aliphatic carbocycles. The Morgan fingerprint density at radius 1 is 1.44 bits per heavy atom. The van der Waals surface area contributed by atoms with E-state index in [9.17, 15) is 4.79 Å². The average Bonchev–Trinajstić information content (AvgIpc) is 2.36. The molecule has 2 aliphatic heterocycles. The smallest absolute Gasteiger partial charge is 0.222 e. The number of hydrogen-bond donors (Lipinski definition) is 1. The Labute approximate surface area is 110 Å². The van der Waals surface area contributed by atoms with E-state index in [0.29, 0.717) is 25.0 Å². The third-order valence-corrected chi connectivity index (χ3v) is 3.90. The number of morpholine rings is 1. The first-order chi connectivity index (χ1) is 8.57. The molecule has 18 heavy (non-hydrogen) atoms. The lowest BCUT2D eigenvalue weighted by Crippen LogP contribution is -2.50. The van der Waals surface area contributed by atoms with Crippen LogP contribution in [0.5, 0.6) is 0 Å². The molecule has 0 saturated carbocycles. The van der Waals surface area contributed by atoms with Gasteiger partial charge in [-0.2, -0.15) is 0 Å². The van der Waals surface area contributed by atoms with E-state index >= 15 is 0 Å². The number of hydrogen-bond acceptors (Lipinski definition) is 3. The summed E-state index contributed by atoms with van der Waals surface area (Å²) in [6.45, 7) is 7.36. The van der Waals surface area contributed by atoms with E-state index in [1.54, 1.807) is 0 Å². The van der Waals surface area contributed by atoms with Crippen molar-refractivity contribution in [2.24, 2.45) is 0 Å². The first-order valence-corrected chi connectivity index (χ1v) is 7.22. The summed E-state index contributed by atoms with van der Waals surface area (Å²) in [5.41, 5.74) is -0.184. The third-order valence-electron chi connectivity index (χ3n) is 3.90. The highest BCUT2D eigenvalue weighted by Gasteiger charge is 2.29. The molecule has 0 bridgehead atoms. The molecule has 4 heteroatoms. The minimum atomic E-state index is -0.184. The van der Waals surface area contributed by atoms with Crippen molar-refractivity contribution >= 4 is 5.91 Å². The summed E-state index contributed by atoms with van der Waals surface area (Å²) in [5.74, 6) is 0.291. The summed E-state index contributed by atoms with van der Waals surface area (Å²) >= 11 is 0. The van der Waals surface area contributed by atoms with Gasteiger partial charge in [0.25, 0.3) is 0 Å². The lowest BCUT2D eigenvalue weighted by Gasteiger charge is -2.38. The molecule has 2 fully saturated rings. The average molecular weight is 254 g/mol. The van der Waals surface area contributed by atoms with Crippen LogP contribution < -0.4 is 5.32 Å². The Hall–Kier alpha value is -0.610. The van der Waals surface area contributed by atoms with Gasteiger partial charge in [-0.1, -0.05) is 6.42 Å². The Bertz CT molecular complexity index is 286. The molecule has 2 aliphatic rings. The quantitative estimate of drug-likeness (QED) is 0.831. The Kier molecular flexibility index (Phi) is 4.62. The molecular weight excluding hydrogens is 228 g/mol. The van der Waals surface area contributed by atoms with Crippen molar-refractivity contribution in [2.45, 2.75) is 57.6 Å². The third kappa shape index (κ3) is 3.95. The van der Waals surface area contributed by atoms with E-state index in [2.05, 4.69) is 19.2 Å². The van der Waals surface area contributed by atoms with Gasteiger partial charge < -0.3 is 15.0 Å². The lowest BCUT2D eigenvalue weighted by atomic mass is 10.00. The van der Waals surface area contributed by atoms with Crippen LogP contribution in [0.3, 0.4) is 0 Å². The molecule has 0 spiro atoms. The second kappa shape index (κ2) is 6.02. The zero-order valence-corrected chi connectivity index (χ0v) is 11.7. The van der Waals surface area contributed by atoms with Crippen LogP contribution in [0.25, 0.3) is 0 Å². The molecule has 4 nitrogen and oxygen atoms in total. The number of rotatable bonds is 3. The number of nitrogens with zero attached hydrogens (tertiary/aromatic N) is 1. The Morgan fingerprint density at radius 3 is 2.94 bits per heavy atom. The molecule has 0 radical (unpaired) electrons. The highest BCUT2D eigenvalue weighted by atomic mass is 16.5. The van der Waals surface area contributed by atoms with Crippen LogP contribution in [0.2, 0.25) is 0 Å². The molecule has 2 rings (SSSR count). The van der Waals surface area contributed by atoms with Crippen molar-refractivity contribution in [3.8, 4) is 0 Å². The van der Waals surface area contributed by atoms with Crippen LogP contribution in [0.1, 0.15) is 46.0 Å². The van der Waals surface area contributed by atoms with Gasteiger partial charge in [0.2, 0.25) is 5.91 Å². The number of piperidine rings is 1. The van der Waals surface area contributed by atoms with Crippen LogP contribution in [-0.2, 0) is 9.53 Å². The summed E-state index contributed by atoms with van der Waals surface area (Å²) in [5, 5.41) is 3.50. The van der Waals surface area contributed by atoms with Gasteiger partial charge in [0, 0.05) is 25.6 Å². The first kappa shape index (κ1) is 13.8. The molecule has 1 N–H and O–H groups in total. The lowest BCUT2D eigenvalue weighted by molar-refractivity contribution is -0.146. The van der Waals surface area contributed by atoms with Crippen LogP contribution in [-0.4, -0.2) is 48.7 Å². The highest BCUT2D eigenvalue weighted by molar-refractivity contribution is 5.76. The van der Waals surface area contributed by atoms with Gasteiger partial charge in [-0.3, -0.25) is 4.79 Å². The van der Waals surface area contributed by atoms with Crippen LogP contribution in [0, 0.1) is 0 Å². The molecule has 0 aromatic carbocycles. The Balaban J connectivity index is 1.73. The van der Waals surface area contributed by atoms with Crippen molar-refractivity contribution in [2.75, 3.05) is 26.2 Å². The monoisotopic (exact) mass is 254 g/mol. The highest BCUT2D eigenvalue weighted by Crippen LogP contribution is 2.18. The van der Waals surface area contributed by atoms with Crippen molar-refractivity contribution in [1.29, 1.82) is 0 Å². The van der Waals surface area contributed by atoms with Gasteiger partial charge in [0.15, 0.2) is 0 Å². The number of ether oxygens (including phenoxy) is 1. The predicted molar refractivity (Wildman–Crippen MR) is 71.5 cm³/mol. The summed E-state index contributed by atoms with van der Waals surface area (Å²) < 4.78 is 5.63. The van der Waals surface area contributed by atoms with Gasteiger partial charge >= 0.3 is 0 Å². The van der Waals surface area contributed by atoms with E-state index in [0.717, 1.165) is 26.1 Å². The summed E-state index contributed by atoms with van der Waals surface area (Å²) in [6, 6.07) is 0.553. The molecule has 0 aromatic heterocycles. The molecular formula is C14H26N2O2. The van der Waals surface area contributed by atoms with Crippen molar-refractivity contribution in [3.05, 3.63) is 0 Å². The van der Waals surface area contributed by atoms with Gasteiger partial charge in [-0.25, -0.2) is 0 Å². The van der Waals surface area contributed by atoms with Gasteiger partial charge in [-0.05, 0) is 39.7 Å². The summed E-state index contributed by atoms with van der Waals surface area (Å²) in [6.07, 6.45) is 5.46. The van der Waals surface area contributed by atoms with Gasteiger partial charge in [-0.15, -0.1) is 0 Å². The minimum absolute atomic E-state index is 0.184. The molecule has 1 amide bonds. The second-order valence-corrected chi connectivity index (χ2v) is 6.11. The van der Waals surface area contributed by atoms with Crippen LogP contribution in [0.15, 0.2) is 0 Å². The molecule has 1 unspecified atom stereocenters. The van der Waals surface area contributed by atoms with Crippen molar-refractivity contribution < 1.29 is 9.53 Å². The van der Waals surface area contributed by atoms with E-state index < -0.39 is 0 Å². The zero-order valence-electron chi connectivity index (χ0n) is 11.7. The van der Waals surface area contributed by atoms with E-state index in [-0.39, 0.29) is 5.60 Å². The van der Waals surface area contributed by atoms with E-state index in [4.69, 9.17) is 4.74 Å². The van der Waals surface area contributed by atoms with E-state index in [1.807, 2.05) is 4.90 Å². The summed E-state index contributed by atoms with van der Waals surface area (Å²) in [7, 11) is 0. The maximum Gasteiger partial charge on any atom is 0.222 e. The SMILES string of the molecule is CC1(C)CN(C(=O)CCC2CCCCN2)CCO1. The normalized spacial score (nSPS) is 28.1. The van der Waals surface area contributed by atoms with Gasteiger partial charge in [0.05, 0.1) is 12.2 Å². The molecule has 2 saturated heterocycles. The summed E-state index contributed by atoms with van der Waals surface area (Å²) in [4.78, 5) is 14.1. The fourth-order valence-corrected chi connectivity index (χ4v) is 2.86. The maximum absolute atomic E-state index is 12.2. The standard InChI is InChI=1S/C14H26N2O2/c1-14(2)11-16(9-10-18-14)13(17)7-6-12-5-3-4-8-15-12/h12,15H,3-11H2,1-2H3. The van der Waals surface area contributed by atoms with E-state index in [1.165, 1.54) is 19.3 Å². The number of amides is 1. The molecule has 1 atom stereocenters. The zero-order chi connectivity index (χ0) is 13.0. The second-order valence-electron chi connectivity index (χ2n) is 6.11. The predicted octanol–water partition coefficient (Wildman–Crippen LogP) is 1.55. The van der Waals surface area contributed by atoms with Crippen molar-refractivity contribution in [1.82, 2.24) is 10.2 Å². The number of carbonyl (C=O) groups is 1. The Morgan fingerprint density at radius 2 is 2.28 bits per heavy atom. The fraction of sp³-hybridized carbons (Fsp3) is 0.929. The maximum atomic E-state index is 12.2. The first-order valence-electron chi connectivity index (χ1n) is 7.22. The number of carbonyl (C=O) groups excluding carboxylic acids is 1. The van der Waals surface area contributed by atoms with Crippen LogP contribution in [0.4, 0.5) is 0 Å². The molecule has 2 heterocycles. The number of nitrogens with one attached hydrogen (secondary N) is 1. The molecule has 0 aromatic rings. The topological polar surface area (TPSA) is 41.6 Å². The minimum Gasteiger partial charge on any atom is -0.372 e. The molecule has 104 valence electrons. The van der Waals surface area contributed by atoms with Crippen LogP contribution >= 0.6 is 0 Å². The van der Waals surface area contributed by atoms with Gasteiger partial charge in [0.1, 0.15) is 0 Å². The van der Waals surface area contributed by atoms with Crippen molar-refractivity contribution in [3.63, 3.8) is 0 Å². The largest absolute Gasteiger partial charge is 0.372 e.